The molecule has 2 fully saturated rings. The number of aliphatic hydroxyl groups is 3. The Morgan fingerprint density at radius 2 is 1.82 bits per heavy atom. The van der Waals surface area contributed by atoms with Crippen molar-refractivity contribution >= 4 is 0 Å². The third-order valence-electron chi connectivity index (χ3n) is 2.09. The fourth-order valence-corrected chi connectivity index (χ4v) is 1.48. The molecule has 0 radical (unpaired) electrons. The zero-order chi connectivity index (χ0) is 8.01. The largest absolute Gasteiger partial charge is 0.388 e. The standard InChI is InChI=1S/C6H10O5/c7-2-1-10-5-3(8)6(9)11-4(2)5/h2-9H,1H2/t2-,3-,4+,5+,6-/m0/s1. The first-order valence-electron chi connectivity index (χ1n) is 3.51. The molecular weight excluding hydrogens is 152 g/mol. The molecule has 5 atom stereocenters. The molecule has 2 aliphatic heterocycles. The molecule has 0 aromatic rings. The molecule has 11 heavy (non-hydrogen) atoms. The monoisotopic (exact) mass is 162 g/mol. The van der Waals surface area contributed by atoms with E-state index in [4.69, 9.17) is 19.7 Å². The van der Waals surface area contributed by atoms with Crippen molar-refractivity contribution in [3.05, 3.63) is 0 Å². The second kappa shape index (κ2) is 2.40. The van der Waals surface area contributed by atoms with Crippen molar-refractivity contribution in [3.63, 3.8) is 0 Å². The van der Waals surface area contributed by atoms with Gasteiger partial charge in [-0.05, 0) is 0 Å². The van der Waals surface area contributed by atoms with Crippen molar-refractivity contribution in [2.45, 2.75) is 30.7 Å². The molecule has 2 heterocycles. The lowest BCUT2D eigenvalue weighted by molar-refractivity contribution is -0.149. The molecule has 64 valence electrons. The highest BCUT2D eigenvalue weighted by molar-refractivity contribution is 4.95. The van der Waals surface area contributed by atoms with Gasteiger partial charge in [0.05, 0.1) is 6.61 Å². The van der Waals surface area contributed by atoms with Crippen molar-refractivity contribution in [2.24, 2.45) is 0 Å². The van der Waals surface area contributed by atoms with E-state index in [1.165, 1.54) is 0 Å². The summed E-state index contributed by atoms with van der Waals surface area (Å²) < 4.78 is 9.83. The Morgan fingerprint density at radius 1 is 1.09 bits per heavy atom. The lowest BCUT2D eigenvalue weighted by atomic mass is 10.1. The summed E-state index contributed by atoms with van der Waals surface area (Å²) in [4.78, 5) is 0. The van der Waals surface area contributed by atoms with Gasteiger partial charge >= 0.3 is 0 Å². The second-order valence-electron chi connectivity index (χ2n) is 2.85. The molecule has 0 unspecified atom stereocenters. The summed E-state index contributed by atoms with van der Waals surface area (Å²) in [5, 5.41) is 27.3. The van der Waals surface area contributed by atoms with E-state index in [-0.39, 0.29) is 6.61 Å². The van der Waals surface area contributed by atoms with Crippen LogP contribution in [0.4, 0.5) is 0 Å². The fraction of sp³-hybridized carbons (Fsp3) is 1.00. The van der Waals surface area contributed by atoms with Gasteiger partial charge in [-0.1, -0.05) is 0 Å². The first kappa shape index (κ1) is 7.45. The van der Waals surface area contributed by atoms with Crippen molar-refractivity contribution in [2.75, 3.05) is 6.61 Å². The molecule has 0 saturated carbocycles. The molecule has 0 spiro atoms. The lowest BCUT2D eigenvalue weighted by Gasteiger charge is -2.10. The maximum atomic E-state index is 9.17. The maximum absolute atomic E-state index is 9.17. The van der Waals surface area contributed by atoms with E-state index in [0.717, 1.165) is 0 Å². The second-order valence-corrected chi connectivity index (χ2v) is 2.85. The van der Waals surface area contributed by atoms with Gasteiger partial charge in [0.1, 0.15) is 24.4 Å². The van der Waals surface area contributed by atoms with Gasteiger partial charge in [0.2, 0.25) is 0 Å². The third kappa shape index (κ3) is 0.969. The van der Waals surface area contributed by atoms with E-state index >= 15 is 0 Å². The summed E-state index contributed by atoms with van der Waals surface area (Å²) in [5.74, 6) is 0. The highest BCUT2D eigenvalue weighted by atomic mass is 16.7. The summed E-state index contributed by atoms with van der Waals surface area (Å²) in [6.45, 7) is 0.166. The predicted octanol–water partition coefficient (Wildman–Crippen LogP) is -2.18. The van der Waals surface area contributed by atoms with Crippen molar-refractivity contribution in [3.8, 4) is 0 Å². The molecule has 5 heteroatoms. The normalized spacial score (nSPS) is 56.5. The van der Waals surface area contributed by atoms with Crippen LogP contribution in [0.15, 0.2) is 0 Å². The third-order valence-corrected chi connectivity index (χ3v) is 2.09. The van der Waals surface area contributed by atoms with Crippen molar-refractivity contribution < 1.29 is 24.8 Å². The molecule has 0 amide bonds. The van der Waals surface area contributed by atoms with Gasteiger partial charge < -0.3 is 24.8 Å². The zero-order valence-electron chi connectivity index (χ0n) is 5.75. The smallest absolute Gasteiger partial charge is 0.184 e. The average molecular weight is 162 g/mol. The molecule has 3 N–H and O–H groups in total. The SMILES string of the molecule is O[C@H]1[C@H]2OC[C@H](O)[C@H]2O[C@@H]1O. The zero-order valence-corrected chi connectivity index (χ0v) is 5.75. The topological polar surface area (TPSA) is 79.2 Å². The van der Waals surface area contributed by atoms with Crippen LogP contribution in [0.1, 0.15) is 0 Å². The van der Waals surface area contributed by atoms with Crippen LogP contribution >= 0.6 is 0 Å². The van der Waals surface area contributed by atoms with Crippen LogP contribution in [0.5, 0.6) is 0 Å². The van der Waals surface area contributed by atoms with E-state index in [1.807, 2.05) is 0 Å². The minimum Gasteiger partial charge on any atom is -0.388 e. The Bertz CT molecular complexity index is 161. The molecule has 0 aliphatic carbocycles. The summed E-state index contributed by atoms with van der Waals surface area (Å²) in [6.07, 6.45) is -4.12. The first-order chi connectivity index (χ1) is 5.20. The maximum Gasteiger partial charge on any atom is 0.184 e. The van der Waals surface area contributed by atoms with Crippen LogP contribution < -0.4 is 0 Å². The van der Waals surface area contributed by atoms with Crippen LogP contribution in [-0.2, 0) is 9.47 Å². The van der Waals surface area contributed by atoms with Crippen LogP contribution in [0, 0.1) is 0 Å². The molecule has 2 rings (SSSR count). The fourth-order valence-electron chi connectivity index (χ4n) is 1.48. The summed E-state index contributed by atoms with van der Waals surface area (Å²) in [6, 6.07) is 0. The van der Waals surface area contributed by atoms with E-state index in [2.05, 4.69) is 0 Å². The minimum absolute atomic E-state index is 0.166. The van der Waals surface area contributed by atoms with Gasteiger partial charge in [-0.3, -0.25) is 0 Å². The summed E-state index contributed by atoms with van der Waals surface area (Å²) in [7, 11) is 0. The van der Waals surface area contributed by atoms with Gasteiger partial charge in [0.25, 0.3) is 0 Å². The van der Waals surface area contributed by atoms with E-state index < -0.39 is 30.7 Å². The van der Waals surface area contributed by atoms with Crippen LogP contribution in [0.25, 0.3) is 0 Å². The minimum atomic E-state index is -1.22. The number of ether oxygens (including phenoxy) is 2. The van der Waals surface area contributed by atoms with Gasteiger partial charge in [0, 0.05) is 0 Å². The van der Waals surface area contributed by atoms with E-state index in [9.17, 15) is 5.11 Å². The van der Waals surface area contributed by atoms with Crippen LogP contribution in [0.2, 0.25) is 0 Å². The lowest BCUT2D eigenvalue weighted by Crippen LogP contribution is -2.32. The van der Waals surface area contributed by atoms with E-state index in [1.54, 1.807) is 0 Å². The number of fused-ring (bicyclic) bond motifs is 1. The summed E-state index contributed by atoms with van der Waals surface area (Å²) in [5.41, 5.74) is 0. The molecule has 2 aliphatic rings. The Labute approximate surface area is 63.2 Å². The molecule has 0 bridgehead atoms. The highest BCUT2D eigenvalue weighted by Gasteiger charge is 2.51. The Kier molecular flexibility index (Phi) is 1.62. The first-order valence-corrected chi connectivity index (χ1v) is 3.51. The van der Waals surface area contributed by atoms with Gasteiger partial charge in [0.15, 0.2) is 6.29 Å². The molecular formula is C6H10O5. The Balaban J connectivity index is 2.12. The van der Waals surface area contributed by atoms with Crippen molar-refractivity contribution in [1.82, 2.24) is 0 Å². The number of hydrogen-bond donors (Lipinski definition) is 3. The number of rotatable bonds is 0. The number of hydrogen-bond acceptors (Lipinski definition) is 5. The average Bonchev–Trinajstić information content (AvgIpc) is 2.43. The predicted molar refractivity (Wildman–Crippen MR) is 32.6 cm³/mol. The Hall–Kier alpha value is -0.200. The van der Waals surface area contributed by atoms with Gasteiger partial charge in [-0.15, -0.1) is 0 Å². The Morgan fingerprint density at radius 3 is 2.45 bits per heavy atom. The number of aliphatic hydroxyl groups excluding tert-OH is 3. The van der Waals surface area contributed by atoms with Gasteiger partial charge in [-0.25, -0.2) is 0 Å². The van der Waals surface area contributed by atoms with Gasteiger partial charge in [-0.2, -0.15) is 0 Å². The van der Waals surface area contributed by atoms with E-state index in [0.29, 0.717) is 0 Å². The molecule has 2 saturated heterocycles. The quantitative estimate of drug-likeness (QED) is 0.377. The molecule has 0 aromatic carbocycles. The highest BCUT2D eigenvalue weighted by Crippen LogP contribution is 2.29. The summed E-state index contributed by atoms with van der Waals surface area (Å²) >= 11 is 0. The van der Waals surface area contributed by atoms with Crippen LogP contribution in [0.3, 0.4) is 0 Å². The molecule has 5 nitrogen and oxygen atoms in total. The van der Waals surface area contributed by atoms with Crippen molar-refractivity contribution in [1.29, 1.82) is 0 Å². The van der Waals surface area contributed by atoms with Crippen LogP contribution in [-0.4, -0.2) is 52.6 Å². The molecule has 0 aromatic heterocycles.